The van der Waals surface area contributed by atoms with Gasteiger partial charge in [-0.25, -0.2) is 0 Å². The first kappa shape index (κ1) is 15.0. The molecule has 0 aromatic heterocycles. The number of para-hydroxylation sites is 1. The Morgan fingerprint density at radius 1 is 1.53 bits per heavy atom. The normalized spacial score (nSPS) is 12.4. The molecule has 2 N–H and O–H groups in total. The summed E-state index contributed by atoms with van der Waals surface area (Å²) in [6.07, 6.45) is -0.750. The maximum Gasteiger partial charge on any atom is 0.261 e. The third-order valence-corrected chi connectivity index (χ3v) is 2.54. The molecule has 102 valence electrons. The lowest BCUT2D eigenvalue weighted by Gasteiger charge is -2.25. The number of aliphatic hydroxyl groups is 1. The van der Waals surface area contributed by atoms with Crippen molar-refractivity contribution in [3.8, 4) is 11.8 Å². The van der Waals surface area contributed by atoms with Crippen molar-refractivity contribution in [2.45, 2.75) is 32.4 Å². The predicted molar refractivity (Wildman–Crippen MR) is 70.6 cm³/mol. The molecule has 1 amide bonds. The van der Waals surface area contributed by atoms with Crippen molar-refractivity contribution in [3.63, 3.8) is 0 Å². The van der Waals surface area contributed by atoms with Crippen molar-refractivity contribution in [2.24, 2.45) is 0 Å². The van der Waals surface area contributed by atoms with Gasteiger partial charge in [-0.2, -0.15) is 5.26 Å². The number of aliphatic hydroxyl groups excluding tert-OH is 1. The van der Waals surface area contributed by atoms with Gasteiger partial charge in [0.25, 0.3) is 5.91 Å². The molecule has 0 radical (unpaired) electrons. The number of hydrogen-bond acceptors (Lipinski definition) is 4. The van der Waals surface area contributed by atoms with Crippen LogP contribution in [-0.4, -0.2) is 29.3 Å². The van der Waals surface area contributed by atoms with E-state index in [1.807, 2.05) is 6.07 Å². The van der Waals surface area contributed by atoms with E-state index in [1.165, 1.54) is 0 Å². The highest BCUT2D eigenvalue weighted by atomic mass is 16.5. The zero-order valence-electron chi connectivity index (χ0n) is 11.3. The van der Waals surface area contributed by atoms with E-state index in [4.69, 9.17) is 15.1 Å². The number of nitrogens with zero attached hydrogens (tertiary/aromatic N) is 1. The summed E-state index contributed by atoms with van der Waals surface area (Å²) in [4.78, 5) is 11.9. The topological polar surface area (TPSA) is 82.3 Å². The third kappa shape index (κ3) is 4.27. The smallest absolute Gasteiger partial charge is 0.261 e. The molecule has 1 rings (SSSR count). The number of nitrogens with one attached hydrogen (secondary N) is 1. The molecule has 0 aliphatic rings. The van der Waals surface area contributed by atoms with E-state index in [9.17, 15) is 4.79 Å². The van der Waals surface area contributed by atoms with Gasteiger partial charge in [-0.05, 0) is 32.9 Å². The Morgan fingerprint density at radius 2 is 2.16 bits per heavy atom. The molecule has 0 bridgehead atoms. The largest absolute Gasteiger partial charge is 0.480 e. The maximum atomic E-state index is 11.9. The van der Waals surface area contributed by atoms with Crippen LogP contribution in [0.3, 0.4) is 0 Å². The van der Waals surface area contributed by atoms with Gasteiger partial charge in [0.1, 0.15) is 11.8 Å². The third-order valence-electron chi connectivity index (χ3n) is 2.54. The van der Waals surface area contributed by atoms with Gasteiger partial charge in [0, 0.05) is 0 Å². The summed E-state index contributed by atoms with van der Waals surface area (Å²) in [7, 11) is 0. The number of ether oxygens (including phenoxy) is 1. The number of carbonyl (C=O) groups excluding carboxylic acids is 1. The van der Waals surface area contributed by atoms with E-state index in [1.54, 1.807) is 45.0 Å². The van der Waals surface area contributed by atoms with Crippen LogP contribution in [-0.2, 0) is 4.79 Å². The van der Waals surface area contributed by atoms with Crippen LogP contribution < -0.4 is 10.1 Å². The first-order valence-electron chi connectivity index (χ1n) is 5.98. The van der Waals surface area contributed by atoms with Crippen LogP contribution >= 0.6 is 0 Å². The highest BCUT2D eigenvalue weighted by Crippen LogP contribution is 2.18. The van der Waals surface area contributed by atoms with Crippen molar-refractivity contribution < 1.29 is 14.6 Å². The highest BCUT2D eigenvalue weighted by Gasteiger charge is 2.24. The summed E-state index contributed by atoms with van der Waals surface area (Å²) in [5, 5.41) is 20.7. The fraction of sp³-hybridized carbons (Fsp3) is 0.429. The molecule has 0 saturated heterocycles. The van der Waals surface area contributed by atoms with E-state index in [0.29, 0.717) is 11.3 Å². The van der Waals surface area contributed by atoms with Gasteiger partial charge < -0.3 is 15.2 Å². The lowest BCUT2D eigenvalue weighted by molar-refractivity contribution is -0.129. The molecule has 0 aliphatic heterocycles. The van der Waals surface area contributed by atoms with Gasteiger partial charge in [-0.15, -0.1) is 0 Å². The van der Waals surface area contributed by atoms with Crippen molar-refractivity contribution >= 4 is 5.91 Å². The molecule has 5 nitrogen and oxygen atoms in total. The van der Waals surface area contributed by atoms with Gasteiger partial charge in [-0.1, -0.05) is 12.1 Å². The number of hydrogen-bond donors (Lipinski definition) is 2. The summed E-state index contributed by atoms with van der Waals surface area (Å²) in [5.41, 5.74) is -0.327. The minimum atomic E-state index is -0.750. The molecule has 0 fully saturated rings. The quantitative estimate of drug-likeness (QED) is 0.835. The second-order valence-electron chi connectivity index (χ2n) is 4.90. The number of benzene rings is 1. The zero-order valence-corrected chi connectivity index (χ0v) is 11.3. The van der Waals surface area contributed by atoms with Gasteiger partial charge in [-0.3, -0.25) is 4.79 Å². The molecule has 1 atom stereocenters. The molecular formula is C14H18N2O3. The highest BCUT2D eigenvalue weighted by molar-refractivity contribution is 5.81. The molecule has 1 unspecified atom stereocenters. The Hall–Kier alpha value is -2.06. The molecule has 0 aliphatic carbocycles. The minimum Gasteiger partial charge on any atom is -0.480 e. The van der Waals surface area contributed by atoms with Crippen molar-refractivity contribution in [1.82, 2.24) is 5.32 Å². The lowest BCUT2D eigenvalue weighted by atomic mass is 10.1. The zero-order chi connectivity index (χ0) is 14.5. The Morgan fingerprint density at radius 3 is 2.74 bits per heavy atom. The molecule has 0 heterocycles. The van der Waals surface area contributed by atoms with Crippen LogP contribution in [0.1, 0.15) is 26.3 Å². The Labute approximate surface area is 112 Å². The minimum absolute atomic E-state index is 0.166. The van der Waals surface area contributed by atoms with Crippen LogP contribution in [0, 0.1) is 11.3 Å². The molecule has 5 heteroatoms. The molecule has 1 aromatic carbocycles. The van der Waals surface area contributed by atoms with Crippen LogP contribution in [0.4, 0.5) is 0 Å². The fourth-order valence-corrected chi connectivity index (χ4v) is 1.38. The summed E-state index contributed by atoms with van der Waals surface area (Å²) >= 11 is 0. The van der Waals surface area contributed by atoms with E-state index in [0.717, 1.165) is 0 Å². The van der Waals surface area contributed by atoms with Crippen LogP contribution in [0.5, 0.6) is 5.75 Å². The molecule has 0 saturated carbocycles. The van der Waals surface area contributed by atoms with E-state index in [-0.39, 0.29) is 12.5 Å². The molecular weight excluding hydrogens is 244 g/mol. The van der Waals surface area contributed by atoms with Crippen LogP contribution in [0.25, 0.3) is 0 Å². The lowest BCUT2D eigenvalue weighted by Crippen LogP contribution is -2.50. The summed E-state index contributed by atoms with van der Waals surface area (Å²) in [5.74, 6) is 0.0289. The second-order valence-corrected chi connectivity index (χ2v) is 4.90. The van der Waals surface area contributed by atoms with E-state index >= 15 is 0 Å². The first-order chi connectivity index (χ1) is 8.89. The molecule has 0 spiro atoms. The van der Waals surface area contributed by atoms with Crippen molar-refractivity contribution in [3.05, 3.63) is 29.8 Å². The van der Waals surface area contributed by atoms with E-state index < -0.39 is 11.6 Å². The van der Waals surface area contributed by atoms with Crippen molar-refractivity contribution in [2.75, 3.05) is 6.61 Å². The average Bonchev–Trinajstić information content (AvgIpc) is 2.38. The average molecular weight is 262 g/mol. The van der Waals surface area contributed by atoms with Gasteiger partial charge in [0.05, 0.1) is 17.7 Å². The van der Waals surface area contributed by atoms with Gasteiger partial charge in [0.15, 0.2) is 6.10 Å². The monoisotopic (exact) mass is 262 g/mol. The number of amides is 1. The Kier molecular flexibility index (Phi) is 4.90. The Bertz CT molecular complexity index is 492. The Balaban J connectivity index is 2.72. The van der Waals surface area contributed by atoms with Crippen LogP contribution in [0.15, 0.2) is 24.3 Å². The molecule has 19 heavy (non-hydrogen) atoms. The first-order valence-corrected chi connectivity index (χ1v) is 5.98. The van der Waals surface area contributed by atoms with Crippen LogP contribution in [0.2, 0.25) is 0 Å². The summed E-state index contributed by atoms with van der Waals surface area (Å²) < 4.78 is 5.47. The standard InChI is InChI=1S/C14H18N2O3/c1-10(13(18)16-14(2,3)9-17)19-12-7-5-4-6-11(12)8-15/h4-7,10,17H,9H2,1-3H3,(H,16,18). The van der Waals surface area contributed by atoms with Gasteiger partial charge >= 0.3 is 0 Å². The summed E-state index contributed by atoms with van der Waals surface area (Å²) in [6.45, 7) is 4.85. The predicted octanol–water partition coefficient (Wildman–Crippen LogP) is 1.21. The fourth-order valence-electron chi connectivity index (χ4n) is 1.38. The second kappa shape index (κ2) is 6.21. The molecule has 1 aromatic rings. The maximum absolute atomic E-state index is 11.9. The number of carbonyl (C=O) groups is 1. The number of nitriles is 1. The number of rotatable bonds is 5. The van der Waals surface area contributed by atoms with Crippen molar-refractivity contribution in [1.29, 1.82) is 5.26 Å². The van der Waals surface area contributed by atoms with Gasteiger partial charge in [0.2, 0.25) is 0 Å². The summed E-state index contributed by atoms with van der Waals surface area (Å²) in [6, 6.07) is 8.73. The van der Waals surface area contributed by atoms with E-state index in [2.05, 4.69) is 5.32 Å². The SMILES string of the molecule is CC(Oc1ccccc1C#N)C(=O)NC(C)(C)CO.